The van der Waals surface area contributed by atoms with Gasteiger partial charge >= 0.3 is 0 Å². The minimum atomic E-state index is 0.597. The molecule has 0 amide bonds. The molecule has 3 rings (SSSR count). The number of anilines is 2. The van der Waals surface area contributed by atoms with Crippen LogP contribution in [0.25, 0.3) is 0 Å². The lowest BCUT2D eigenvalue weighted by molar-refractivity contribution is 0.0378. The van der Waals surface area contributed by atoms with E-state index in [0.717, 1.165) is 56.9 Å². The summed E-state index contributed by atoms with van der Waals surface area (Å²) in [7, 11) is 0. The van der Waals surface area contributed by atoms with Crippen molar-refractivity contribution in [2.24, 2.45) is 0 Å². The highest BCUT2D eigenvalue weighted by Gasteiger charge is 2.09. The van der Waals surface area contributed by atoms with E-state index in [9.17, 15) is 0 Å². The molecule has 3 heterocycles. The van der Waals surface area contributed by atoms with Crippen LogP contribution in [0.15, 0.2) is 30.9 Å². The molecular formula is C18H22N6O. The van der Waals surface area contributed by atoms with Crippen molar-refractivity contribution >= 4 is 11.6 Å². The number of nitrogens with one attached hydrogen (secondary N) is 1. The summed E-state index contributed by atoms with van der Waals surface area (Å²) in [5, 5.41) is 3.24. The molecular weight excluding hydrogens is 316 g/mol. The van der Waals surface area contributed by atoms with E-state index >= 15 is 0 Å². The SMILES string of the molecule is Nc1cncc(C#Cc2cnc(NCCCN3CCOCC3)nc2)c1. The van der Waals surface area contributed by atoms with Gasteiger partial charge in [0, 0.05) is 50.0 Å². The zero-order valence-corrected chi connectivity index (χ0v) is 14.1. The molecule has 0 unspecified atom stereocenters. The molecule has 3 N–H and O–H groups in total. The number of hydrogen-bond donors (Lipinski definition) is 2. The normalized spacial score (nSPS) is 14.6. The summed E-state index contributed by atoms with van der Waals surface area (Å²) in [5.74, 6) is 6.63. The maximum absolute atomic E-state index is 5.68. The molecule has 0 radical (unpaired) electrons. The lowest BCUT2D eigenvalue weighted by Crippen LogP contribution is -2.37. The third kappa shape index (κ3) is 5.71. The molecule has 1 aliphatic heterocycles. The highest BCUT2D eigenvalue weighted by molar-refractivity contribution is 5.47. The minimum Gasteiger partial charge on any atom is -0.397 e. The fourth-order valence-corrected chi connectivity index (χ4v) is 2.48. The Bertz CT molecular complexity index is 731. The molecule has 130 valence electrons. The summed E-state index contributed by atoms with van der Waals surface area (Å²) < 4.78 is 5.34. The van der Waals surface area contributed by atoms with Crippen LogP contribution in [0.2, 0.25) is 0 Å². The van der Waals surface area contributed by atoms with Crippen molar-refractivity contribution in [1.29, 1.82) is 0 Å². The zero-order chi connectivity index (χ0) is 17.3. The van der Waals surface area contributed by atoms with Gasteiger partial charge in [-0.3, -0.25) is 9.88 Å². The Morgan fingerprint density at radius 2 is 1.84 bits per heavy atom. The maximum atomic E-state index is 5.68. The second kappa shape index (κ2) is 8.97. The van der Waals surface area contributed by atoms with Crippen LogP contribution in [0.5, 0.6) is 0 Å². The first-order chi connectivity index (χ1) is 12.3. The molecule has 2 aromatic heterocycles. The van der Waals surface area contributed by atoms with E-state index in [0.29, 0.717) is 11.6 Å². The molecule has 0 spiro atoms. The van der Waals surface area contributed by atoms with Crippen molar-refractivity contribution in [3.63, 3.8) is 0 Å². The average Bonchev–Trinajstić information content (AvgIpc) is 2.65. The number of nitrogen functional groups attached to an aromatic ring is 1. The fourth-order valence-electron chi connectivity index (χ4n) is 2.48. The van der Waals surface area contributed by atoms with Crippen LogP contribution in [0.1, 0.15) is 17.5 Å². The first kappa shape index (κ1) is 17.1. The topological polar surface area (TPSA) is 89.2 Å². The van der Waals surface area contributed by atoms with E-state index in [1.54, 1.807) is 30.9 Å². The molecule has 1 aliphatic rings. The number of nitrogens with two attached hydrogens (primary N) is 1. The lowest BCUT2D eigenvalue weighted by atomic mass is 10.2. The Morgan fingerprint density at radius 3 is 2.60 bits per heavy atom. The molecule has 0 aliphatic carbocycles. The van der Waals surface area contributed by atoms with E-state index in [1.165, 1.54) is 0 Å². The van der Waals surface area contributed by atoms with Gasteiger partial charge in [0.2, 0.25) is 5.95 Å². The molecule has 1 fully saturated rings. The molecule has 0 atom stereocenters. The number of aromatic nitrogens is 3. The van der Waals surface area contributed by atoms with Crippen molar-refractivity contribution in [1.82, 2.24) is 19.9 Å². The van der Waals surface area contributed by atoms with Crippen LogP contribution in [0.3, 0.4) is 0 Å². The quantitative estimate of drug-likeness (QED) is 0.621. The van der Waals surface area contributed by atoms with E-state index in [1.807, 2.05) is 0 Å². The van der Waals surface area contributed by atoms with Gasteiger partial charge in [-0.15, -0.1) is 0 Å². The smallest absolute Gasteiger partial charge is 0.222 e. The van der Waals surface area contributed by atoms with Gasteiger partial charge in [-0.2, -0.15) is 0 Å². The molecule has 7 nitrogen and oxygen atoms in total. The van der Waals surface area contributed by atoms with Crippen LogP contribution < -0.4 is 11.1 Å². The first-order valence-electron chi connectivity index (χ1n) is 8.38. The van der Waals surface area contributed by atoms with Gasteiger partial charge in [-0.1, -0.05) is 11.8 Å². The first-order valence-corrected chi connectivity index (χ1v) is 8.38. The monoisotopic (exact) mass is 338 g/mol. The number of hydrogen-bond acceptors (Lipinski definition) is 7. The van der Waals surface area contributed by atoms with E-state index in [4.69, 9.17) is 10.5 Å². The second-order valence-electron chi connectivity index (χ2n) is 5.79. The Kier molecular flexibility index (Phi) is 6.15. The van der Waals surface area contributed by atoms with Gasteiger partial charge in [0.1, 0.15) is 0 Å². The average molecular weight is 338 g/mol. The van der Waals surface area contributed by atoms with Gasteiger partial charge in [0.25, 0.3) is 0 Å². The third-order valence-electron chi connectivity index (χ3n) is 3.80. The molecule has 0 bridgehead atoms. The summed E-state index contributed by atoms with van der Waals surface area (Å²) in [6, 6.07) is 1.78. The summed E-state index contributed by atoms with van der Waals surface area (Å²) in [4.78, 5) is 15.0. The highest BCUT2D eigenvalue weighted by Crippen LogP contribution is 2.04. The van der Waals surface area contributed by atoms with Crippen LogP contribution in [0, 0.1) is 11.8 Å². The summed E-state index contributed by atoms with van der Waals surface area (Å²) in [5.41, 5.74) is 7.80. The van der Waals surface area contributed by atoms with Crippen LogP contribution in [-0.4, -0.2) is 59.2 Å². The molecule has 1 saturated heterocycles. The Morgan fingerprint density at radius 1 is 1.08 bits per heavy atom. The van der Waals surface area contributed by atoms with Crippen LogP contribution >= 0.6 is 0 Å². The summed E-state index contributed by atoms with van der Waals surface area (Å²) in [6.07, 6.45) is 7.74. The summed E-state index contributed by atoms with van der Waals surface area (Å²) >= 11 is 0. The fraction of sp³-hybridized carbons (Fsp3) is 0.389. The Labute approximate surface area is 147 Å². The predicted molar refractivity (Wildman–Crippen MR) is 97.0 cm³/mol. The molecule has 25 heavy (non-hydrogen) atoms. The van der Waals surface area contributed by atoms with Crippen LogP contribution in [-0.2, 0) is 4.74 Å². The van der Waals surface area contributed by atoms with E-state index in [2.05, 4.69) is 37.0 Å². The van der Waals surface area contributed by atoms with Gasteiger partial charge < -0.3 is 15.8 Å². The van der Waals surface area contributed by atoms with Crippen molar-refractivity contribution < 1.29 is 4.74 Å². The molecule has 7 heteroatoms. The van der Waals surface area contributed by atoms with Gasteiger partial charge in [0.15, 0.2) is 0 Å². The maximum Gasteiger partial charge on any atom is 0.222 e. The van der Waals surface area contributed by atoms with Gasteiger partial charge in [-0.25, -0.2) is 9.97 Å². The second-order valence-corrected chi connectivity index (χ2v) is 5.79. The standard InChI is InChI=1S/C18H22N6O/c19-17-10-15(11-20-14-17)2-3-16-12-22-18(23-13-16)21-4-1-5-24-6-8-25-9-7-24/h10-14H,1,4-9,19H2,(H,21,22,23). The van der Waals surface area contributed by atoms with Crippen molar-refractivity contribution in [3.05, 3.63) is 42.0 Å². The number of ether oxygens (including phenoxy) is 1. The van der Waals surface area contributed by atoms with E-state index in [-0.39, 0.29) is 0 Å². The van der Waals surface area contributed by atoms with Gasteiger partial charge in [0.05, 0.1) is 24.5 Å². The van der Waals surface area contributed by atoms with E-state index < -0.39 is 0 Å². The molecule has 0 saturated carbocycles. The number of nitrogens with zero attached hydrogens (tertiary/aromatic N) is 4. The van der Waals surface area contributed by atoms with Crippen molar-refractivity contribution in [2.45, 2.75) is 6.42 Å². The molecule has 2 aromatic rings. The largest absolute Gasteiger partial charge is 0.397 e. The number of pyridine rings is 1. The van der Waals surface area contributed by atoms with Crippen LogP contribution in [0.4, 0.5) is 11.6 Å². The number of rotatable bonds is 5. The minimum absolute atomic E-state index is 0.597. The zero-order valence-electron chi connectivity index (χ0n) is 14.1. The third-order valence-corrected chi connectivity index (χ3v) is 3.80. The van der Waals surface area contributed by atoms with Gasteiger partial charge in [-0.05, 0) is 19.0 Å². The Hall–Kier alpha value is -2.69. The lowest BCUT2D eigenvalue weighted by Gasteiger charge is -2.26. The molecule has 0 aromatic carbocycles. The highest BCUT2D eigenvalue weighted by atomic mass is 16.5. The number of morpholine rings is 1. The van der Waals surface area contributed by atoms with Crippen molar-refractivity contribution in [3.8, 4) is 11.8 Å². The van der Waals surface area contributed by atoms with Crippen molar-refractivity contribution in [2.75, 3.05) is 50.4 Å². The predicted octanol–water partition coefficient (Wildman–Crippen LogP) is 0.988. The Balaban J connectivity index is 1.44. The summed E-state index contributed by atoms with van der Waals surface area (Å²) in [6.45, 7) is 5.62.